The van der Waals surface area contributed by atoms with Crippen LogP contribution in [0.5, 0.6) is 5.75 Å². The van der Waals surface area contributed by atoms with Crippen molar-refractivity contribution in [1.29, 1.82) is 0 Å². The zero-order valence-electron chi connectivity index (χ0n) is 9.15. The van der Waals surface area contributed by atoms with E-state index >= 15 is 0 Å². The zero-order valence-corrected chi connectivity index (χ0v) is 9.15. The molecule has 15 heavy (non-hydrogen) atoms. The molecule has 0 radical (unpaired) electrons. The molecule has 0 aliphatic carbocycles. The van der Waals surface area contributed by atoms with Crippen LogP contribution in [-0.4, -0.2) is 31.6 Å². The smallest absolute Gasteiger partial charge is 0.123 e. The van der Waals surface area contributed by atoms with Crippen LogP contribution in [0.4, 0.5) is 0 Å². The summed E-state index contributed by atoms with van der Waals surface area (Å²) in [6.07, 6.45) is 1.28. The Kier molecular flexibility index (Phi) is 3.23. The van der Waals surface area contributed by atoms with E-state index in [4.69, 9.17) is 10.5 Å². The van der Waals surface area contributed by atoms with Crippen LogP contribution in [0.2, 0.25) is 0 Å². The topological polar surface area (TPSA) is 38.5 Å². The minimum atomic E-state index is 0.315. The van der Waals surface area contributed by atoms with E-state index in [-0.39, 0.29) is 0 Å². The Balaban J connectivity index is 2.24. The number of nitrogens with zero attached hydrogens (tertiary/aromatic N) is 1. The van der Waals surface area contributed by atoms with Gasteiger partial charge in [-0.05, 0) is 12.5 Å². The number of hydrogen-bond acceptors (Lipinski definition) is 3. The summed E-state index contributed by atoms with van der Waals surface area (Å²) in [5.41, 5.74) is 7.05. The van der Waals surface area contributed by atoms with Gasteiger partial charge in [-0.15, -0.1) is 0 Å². The van der Waals surface area contributed by atoms with E-state index in [0.29, 0.717) is 12.6 Å². The van der Waals surface area contributed by atoms with Crippen molar-refractivity contribution in [2.24, 2.45) is 5.73 Å². The molecule has 2 rings (SSSR count). The first-order valence-electron chi connectivity index (χ1n) is 5.44. The Morgan fingerprint density at radius 3 is 2.67 bits per heavy atom. The molecule has 1 fully saturated rings. The molecule has 2 N–H and O–H groups in total. The number of methoxy groups -OCH3 is 1. The molecule has 82 valence electrons. The molecule has 0 saturated carbocycles. The van der Waals surface area contributed by atoms with Gasteiger partial charge in [-0.3, -0.25) is 4.90 Å². The number of para-hydroxylation sites is 1. The summed E-state index contributed by atoms with van der Waals surface area (Å²) in [5, 5.41) is 0. The molecule has 1 heterocycles. The zero-order chi connectivity index (χ0) is 10.7. The van der Waals surface area contributed by atoms with E-state index in [0.717, 1.165) is 18.8 Å². The summed E-state index contributed by atoms with van der Waals surface area (Å²) in [5.74, 6) is 0.944. The van der Waals surface area contributed by atoms with Crippen LogP contribution >= 0.6 is 0 Å². The summed E-state index contributed by atoms with van der Waals surface area (Å²) in [7, 11) is 1.71. The lowest BCUT2D eigenvalue weighted by atomic mass is 10.0. The number of hydrogen-bond donors (Lipinski definition) is 1. The van der Waals surface area contributed by atoms with E-state index in [1.807, 2.05) is 18.2 Å². The van der Waals surface area contributed by atoms with Gasteiger partial charge in [0.2, 0.25) is 0 Å². The van der Waals surface area contributed by atoms with Crippen LogP contribution < -0.4 is 10.5 Å². The lowest BCUT2D eigenvalue weighted by molar-refractivity contribution is 0.120. The first kappa shape index (κ1) is 10.5. The molecule has 1 aliphatic heterocycles. The van der Waals surface area contributed by atoms with Crippen molar-refractivity contribution >= 4 is 0 Å². The molecule has 0 spiro atoms. The molecule has 1 unspecified atom stereocenters. The average molecular weight is 206 g/mol. The predicted octanol–water partition coefficient (Wildman–Crippen LogP) is 1.40. The van der Waals surface area contributed by atoms with Gasteiger partial charge in [0.1, 0.15) is 5.75 Å². The van der Waals surface area contributed by atoms with Crippen LogP contribution in [0.15, 0.2) is 24.3 Å². The minimum Gasteiger partial charge on any atom is -0.496 e. The van der Waals surface area contributed by atoms with Gasteiger partial charge in [0, 0.05) is 25.2 Å². The van der Waals surface area contributed by atoms with Gasteiger partial charge < -0.3 is 10.5 Å². The Labute approximate surface area is 90.8 Å². The van der Waals surface area contributed by atoms with E-state index in [1.165, 1.54) is 12.0 Å². The molecular weight excluding hydrogens is 188 g/mol. The maximum Gasteiger partial charge on any atom is 0.123 e. The number of ether oxygens (including phenoxy) is 1. The summed E-state index contributed by atoms with van der Waals surface area (Å²) in [4.78, 5) is 2.40. The van der Waals surface area contributed by atoms with E-state index in [9.17, 15) is 0 Å². The number of rotatable bonds is 4. The van der Waals surface area contributed by atoms with Gasteiger partial charge in [0.25, 0.3) is 0 Å². The van der Waals surface area contributed by atoms with Gasteiger partial charge in [-0.2, -0.15) is 0 Å². The second-order valence-corrected chi connectivity index (χ2v) is 3.88. The molecule has 1 aromatic rings. The highest BCUT2D eigenvalue weighted by molar-refractivity contribution is 5.36. The molecular formula is C12H18N2O. The molecule has 3 nitrogen and oxygen atoms in total. The third kappa shape index (κ3) is 1.98. The standard InChI is InChI=1S/C12H18N2O/c1-15-12-6-3-2-5-10(12)11(9-13)14-7-4-8-14/h2-3,5-6,11H,4,7-9,13H2,1H3. The normalized spacial score (nSPS) is 18.3. The van der Waals surface area contributed by atoms with Crippen LogP contribution in [0.25, 0.3) is 0 Å². The highest BCUT2D eigenvalue weighted by Crippen LogP contribution is 2.31. The van der Waals surface area contributed by atoms with Crippen LogP contribution in [-0.2, 0) is 0 Å². The third-order valence-electron chi connectivity index (χ3n) is 3.05. The van der Waals surface area contributed by atoms with Gasteiger partial charge >= 0.3 is 0 Å². The van der Waals surface area contributed by atoms with Gasteiger partial charge in [-0.25, -0.2) is 0 Å². The van der Waals surface area contributed by atoms with Crippen LogP contribution in [0, 0.1) is 0 Å². The molecule has 1 aromatic carbocycles. The second-order valence-electron chi connectivity index (χ2n) is 3.88. The van der Waals surface area contributed by atoms with Crippen molar-refractivity contribution in [3.63, 3.8) is 0 Å². The highest BCUT2D eigenvalue weighted by Gasteiger charge is 2.25. The molecule has 0 aromatic heterocycles. The summed E-state index contributed by atoms with van der Waals surface area (Å²) in [6.45, 7) is 2.96. The Hall–Kier alpha value is -1.06. The third-order valence-corrected chi connectivity index (χ3v) is 3.05. The van der Waals surface area contributed by atoms with E-state index in [2.05, 4.69) is 11.0 Å². The molecule has 0 amide bonds. The summed E-state index contributed by atoms with van der Waals surface area (Å²) < 4.78 is 5.36. The fourth-order valence-corrected chi connectivity index (χ4v) is 2.07. The fraction of sp³-hybridized carbons (Fsp3) is 0.500. The molecule has 1 atom stereocenters. The van der Waals surface area contributed by atoms with E-state index < -0.39 is 0 Å². The lowest BCUT2D eigenvalue weighted by Crippen LogP contribution is -2.43. The largest absolute Gasteiger partial charge is 0.496 e. The van der Waals surface area contributed by atoms with Crippen molar-refractivity contribution in [2.75, 3.05) is 26.7 Å². The van der Waals surface area contributed by atoms with Gasteiger partial charge in [-0.1, -0.05) is 18.2 Å². The van der Waals surface area contributed by atoms with Crippen molar-refractivity contribution < 1.29 is 4.74 Å². The van der Waals surface area contributed by atoms with Crippen molar-refractivity contribution in [2.45, 2.75) is 12.5 Å². The molecule has 1 saturated heterocycles. The van der Waals surface area contributed by atoms with Gasteiger partial charge in [0.15, 0.2) is 0 Å². The Bertz CT molecular complexity index is 323. The van der Waals surface area contributed by atoms with Gasteiger partial charge in [0.05, 0.1) is 13.2 Å². The monoisotopic (exact) mass is 206 g/mol. The van der Waals surface area contributed by atoms with Crippen molar-refractivity contribution in [1.82, 2.24) is 4.90 Å². The fourth-order valence-electron chi connectivity index (χ4n) is 2.07. The Morgan fingerprint density at radius 2 is 2.13 bits per heavy atom. The quantitative estimate of drug-likeness (QED) is 0.809. The Morgan fingerprint density at radius 1 is 1.40 bits per heavy atom. The van der Waals surface area contributed by atoms with Crippen LogP contribution in [0.1, 0.15) is 18.0 Å². The molecule has 3 heteroatoms. The minimum absolute atomic E-state index is 0.315. The van der Waals surface area contributed by atoms with Crippen LogP contribution in [0.3, 0.4) is 0 Å². The predicted molar refractivity (Wildman–Crippen MR) is 61.0 cm³/mol. The molecule has 1 aliphatic rings. The summed E-state index contributed by atoms with van der Waals surface area (Å²) >= 11 is 0. The average Bonchev–Trinajstić information content (AvgIpc) is 2.23. The number of likely N-dealkylation sites (tertiary alicyclic amines) is 1. The first-order valence-corrected chi connectivity index (χ1v) is 5.44. The highest BCUT2D eigenvalue weighted by atomic mass is 16.5. The first-order chi connectivity index (χ1) is 7.36. The summed E-state index contributed by atoms with van der Waals surface area (Å²) in [6, 6.07) is 8.45. The maximum atomic E-state index is 5.84. The second kappa shape index (κ2) is 4.64. The van der Waals surface area contributed by atoms with Crippen molar-refractivity contribution in [3.8, 4) is 5.75 Å². The number of benzene rings is 1. The number of nitrogens with two attached hydrogens (primary N) is 1. The van der Waals surface area contributed by atoms with Crippen molar-refractivity contribution in [3.05, 3.63) is 29.8 Å². The SMILES string of the molecule is COc1ccccc1C(CN)N1CCC1. The van der Waals surface area contributed by atoms with E-state index in [1.54, 1.807) is 7.11 Å². The lowest BCUT2D eigenvalue weighted by Gasteiger charge is -2.38. The maximum absolute atomic E-state index is 5.84. The molecule has 0 bridgehead atoms.